The van der Waals surface area contributed by atoms with Crippen LogP contribution in [0.3, 0.4) is 0 Å². The summed E-state index contributed by atoms with van der Waals surface area (Å²) in [7, 11) is 0. The first kappa shape index (κ1) is 14.3. The van der Waals surface area contributed by atoms with Crippen molar-refractivity contribution in [2.75, 3.05) is 6.61 Å². The summed E-state index contributed by atoms with van der Waals surface area (Å²) in [6.07, 6.45) is -2.21. The molecule has 4 heteroatoms. The van der Waals surface area contributed by atoms with E-state index in [1.165, 1.54) is 0 Å². The van der Waals surface area contributed by atoms with E-state index < -0.39 is 11.7 Å². The number of allylic oxidation sites excluding steroid dienone is 3. The maximum Gasteiger partial charge on any atom is 0.416 e. The Balaban J connectivity index is 3.18. The van der Waals surface area contributed by atoms with Crippen molar-refractivity contribution in [3.8, 4) is 0 Å². The molecule has 1 aliphatic carbocycles. The molecule has 0 radical (unpaired) electrons. The summed E-state index contributed by atoms with van der Waals surface area (Å²) in [5.74, 6) is 0.0649. The number of aliphatic hydroxyl groups excluding tert-OH is 1. The fourth-order valence-corrected chi connectivity index (χ4v) is 2.26. The van der Waals surface area contributed by atoms with E-state index in [4.69, 9.17) is 5.11 Å². The molecule has 0 aliphatic heterocycles. The zero-order valence-electron chi connectivity index (χ0n) is 10.4. The van der Waals surface area contributed by atoms with E-state index in [0.29, 0.717) is 24.0 Å². The van der Waals surface area contributed by atoms with Crippen LogP contribution in [-0.2, 0) is 0 Å². The minimum Gasteiger partial charge on any atom is -0.392 e. The summed E-state index contributed by atoms with van der Waals surface area (Å²) >= 11 is 0. The summed E-state index contributed by atoms with van der Waals surface area (Å²) in [6, 6.07) is 0. The second kappa shape index (κ2) is 5.25. The van der Waals surface area contributed by atoms with E-state index in [9.17, 15) is 13.2 Å². The first-order chi connectivity index (χ1) is 7.75. The number of hydrogen-bond donors (Lipinski definition) is 1. The summed E-state index contributed by atoms with van der Waals surface area (Å²) in [5.41, 5.74) is 0.399. The van der Waals surface area contributed by atoms with Crippen LogP contribution in [0.2, 0.25) is 0 Å². The Morgan fingerprint density at radius 2 is 2.00 bits per heavy atom. The molecule has 0 saturated carbocycles. The summed E-state index contributed by atoms with van der Waals surface area (Å²) in [4.78, 5) is 0. The summed E-state index contributed by atoms with van der Waals surface area (Å²) in [6.45, 7) is 5.34. The van der Waals surface area contributed by atoms with Crippen LogP contribution in [-0.4, -0.2) is 17.9 Å². The molecular formula is C13H19F3O. The molecular weight excluding hydrogens is 229 g/mol. The van der Waals surface area contributed by atoms with Gasteiger partial charge in [-0.2, -0.15) is 13.2 Å². The molecule has 1 rings (SSSR count). The van der Waals surface area contributed by atoms with Gasteiger partial charge >= 0.3 is 6.18 Å². The average molecular weight is 248 g/mol. The second-order valence-corrected chi connectivity index (χ2v) is 5.10. The molecule has 1 unspecified atom stereocenters. The van der Waals surface area contributed by atoms with Crippen molar-refractivity contribution in [1.82, 2.24) is 0 Å². The van der Waals surface area contributed by atoms with Crippen molar-refractivity contribution in [3.63, 3.8) is 0 Å². The lowest BCUT2D eigenvalue weighted by Gasteiger charge is -2.27. The molecule has 0 spiro atoms. The molecule has 17 heavy (non-hydrogen) atoms. The molecule has 0 bridgehead atoms. The molecule has 0 saturated heterocycles. The minimum absolute atomic E-state index is 0.138. The lowest BCUT2D eigenvalue weighted by Crippen LogP contribution is -2.21. The van der Waals surface area contributed by atoms with Gasteiger partial charge in [-0.15, -0.1) is 0 Å². The third-order valence-corrected chi connectivity index (χ3v) is 2.99. The van der Waals surface area contributed by atoms with Crippen molar-refractivity contribution >= 4 is 0 Å². The third-order valence-electron chi connectivity index (χ3n) is 2.99. The van der Waals surface area contributed by atoms with Gasteiger partial charge in [-0.05, 0) is 36.3 Å². The second-order valence-electron chi connectivity index (χ2n) is 5.10. The van der Waals surface area contributed by atoms with Gasteiger partial charge in [0.2, 0.25) is 0 Å². The Kier molecular flexibility index (Phi) is 4.42. The van der Waals surface area contributed by atoms with Crippen molar-refractivity contribution in [3.05, 3.63) is 22.8 Å². The molecule has 0 aromatic rings. The summed E-state index contributed by atoms with van der Waals surface area (Å²) < 4.78 is 38.8. The fourth-order valence-electron chi connectivity index (χ4n) is 2.26. The van der Waals surface area contributed by atoms with E-state index in [1.807, 2.05) is 13.8 Å². The Bertz CT molecular complexity index is 337. The minimum atomic E-state index is -4.32. The van der Waals surface area contributed by atoms with E-state index >= 15 is 0 Å². The highest BCUT2D eigenvalue weighted by molar-refractivity contribution is 5.38. The number of rotatable bonds is 3. The molecule has 1 atom stereocenters. The van der Waals surface area contributed by atoms with Crippen LogP contribution in [0.4, 0.5) is 13.2 Å². The van der Waals surface area contributed by atoms with Gasteiger partial charge in [0.05, 0.1) is 12.2 Å². The predicted octanol–water partition coefficient (Wildman–Crippen LogP) is 3.85. The van der Waals surface area contributed by atoms with Crippen molar-refractivity contribution in [2.45, 2.75) is 39.8 Å². The zero-order valence-corrected chi connectivity index (χ0v) is 10.4. The SMILES string of the molecule is CC(C)CC1=C(C(F)(F)F)C=C(CO)CC1C. The van der Waals surface area contributed by atoms with Gasteiger partial charge in [-0.1, -0.05) is 26.3 Å². The van der Waals surface area contributed by atoms with Gasteiger partial charge < -0.3 is 5.11 Å². The van der Waals surface area contributed by atoms with E-state index in [2.05, 4.69) is 0 Å². The number of halogens is 3. The molecule has 0 heterocycles. The van der Waals surface area contributed by atoms with Gasteiger partial charge in [-0.25, -0.2) is 0 Å². The van der Waals surface area contributed by atoms with Crippen LogP contribution in [0, 0.1) is 11.8 Å². The lowest BCUT2D eigenvalue weighted by atomic mass is 9.80. The summed E-state index contributed by atoms with van der Waals surface area (Å²) in [5, 5.41) is 9.00. The highest BCUT2D eigenvalue weighted by atomic mass is 19.4. The van der Waals surface area contributed by atoms with Crippen LogP contribution in [0.25, 0.3) is 0 Å². The predicted molar refractivity (Wildman–Crippen MR) is 61.5 cm³/mol. The maximum atomic E-state index is 12.9. The van der Waals surface area contributed by atoms with Gasteiger partial charge in [0.25, 0.3) is 0 Å². The highest BCUT2D eigenvalue weighted by Gasteiger charge is 2.38. The monoisotopic (exact) mass is 248 g/mol. The van der Waals surface area contributed by atoms with Gasteiger partial charge in [0.15, 0.2) is 0 Å². The molecule has 0 fully saturated rings. The van der Waals surface area contributed by atoms with E-state index in [1.54, 1.807) is 6.92 Å². The number of alkyl halides is 3. The number of aliphatic hydroxyl groups is 1. The topological polar surface area (TPSA) is 20.2 Å². The standard InChI is InChI=1S/C13H19F3O/c1-8(2)4-11-9(3)5-10(7-17)6-12(11)13(14,15)16/h6,8-9,17H,4-5,7H2,1-3H3. The van der Waals surface area contributed by atoms with Crippen LogP contribution in [0.15, 0.2) is 22.8 Å². The zero-order chi connectivity index (χ0) is 13.2. The highest BCUT2D eigenvalue weighted by Crippen LogP contribution is 2.40. The van der Waals surface area contributed by atoms with Gasteiger partial charge in [0, 0.05) is 0 Å². The third kappa shape index (κ3) is 3.60. The van der Waals surface area contributed by atoms with Crippen LogP contribution >= 0.6 is 0 Å². The van der Waals surface area contributed by atoms with Crippen LogP contribution in [0.5, 0.6) is 0 Å². The first-order valence-electron chi connectivity index (χ1n) is 5.86. The normalized spacial score (nSPS) is 22.1. The molecule has 1 nitrogen and oxygen atoms in total. The van der Waals surface area contributed by atoms with E-state index in [0.717, 1.165) is 6.08 Å². The molecule has 0 aromatic heterocycles. The van der Waals surface area contributed by atoms with Crippen molar-refractivity contribution < 1.29 is 18.3 Å². The van der Waals surface area contributed by atoms with Crippen molar-refractivity contribution in [2.24, 2.45) is 11.8 Å². The Morgan fingerprint density at radius 1 is 1.41 bits per heavy atom. The smallest absolute Gasteiger partial charge is 0.392 e. The van der Waals surface area contributed by atoms with E-state index in [-0.39, 0.29) is 18.4 Å². The first-order valence-corrected chi connectivity index (χ1v) is 5.86. The molecule has 1 N–H and O–H groups in total. The van der Waals surface area contributed by atoms with Gasteiger partial charge in [0.1, 0.15) is 0 Å². The van der Waals surface area contributed by atoms with Crippen molar-refractivity contribution in [1.29, 1.82) is 0 Å². The Labute approximate surface area is 100 Å². The van der Waals surface area contributed by atoms with Crippen LogP contribution < -0.4 is 0 Å². The Hall–Kier alpha value is -0.770. The molecule has 1 aliphatic rings. The van der Waals surface area contributed by atoms with Gasteiger partial charge in [-0.3, -0.25) is 0 Å². The molecule has 0 aromatic carbocycles. The number of hydrogen-bond acceptors (Lipinski definition) is 1. The molecule has 98 valence electrons. The fraction of sp³-hybridized carbons (Fsp3) is 0.692. The average Bonchev–Trinajstić information content (AvgIpc) is 2.18. The van der Waals surface area contributed by atoms with Crippen LogP contribution in [0.1, 0.15) is 33.6 Å². The maximum absolute atomic E-state index is 12.9. The quantitative estimate of drug-likeness (QED) is 0.804. The largest absolute Gasteiger partial charge is 0.416 e. The molecule has 0 amide bonds. The Morgan fingerprint density at radius 3 is 2.41 bits per heavy atom. The lowest BCUT2D eigenvalue weighted by molar-refractivity contribution is -0.0900.